The van der Waals surface area contributed by atoms with Crippen LogP contribution in [-0.2, 0) is 0 Å². The molecule has 0 radical (unpaired) electrons. The second-order valence-electron chi connectivity index (χ2n) is 3.43. The van der Waals surface area contributed by atoms with Gasteiger partial charge in [-0.05, 0) is 27.3 Å². The summed E-state index contributed by atoms with van der Waals surface area (Å²) in [4.78, 5) is 4.28. The summed E-state index contributed by atoms with van der Waals surface area (Å²) in [6.45, 7) is 4.05. The maximum atomic E-state index is 8.82. The first-order valence-electron chi connectivity index (χ1n) is 5.02. The van der Waals surface area contributed by atoms with Crippen LogP contribution in [-0.4, -0.2) is 35.5 Å². The van der Waals surface area contributed by atoms with Crippen LogP contribution in [0.4, 0.5) is 0 Å². The summed E-state index contributed by atoms with van der Waals surface area (Å²) in [5.74, 6) is 1.73. The number of nitrogens with one attached hydrogen (secondary N) is 1. The van der Waals surface area contributed by atoms with Gasteiger partial charge in [0.25, 0.3) is 5.22 Å². The molecule has 1 rings (SSSR count). The van der Waals surface area contributed by atoms with Gasteiger partial charge in [-0.25, -0.2) is 4.98 Å². The predicted molar refractivity (Wildman–Crippen MR) is 61.3 cm³/mol. The van der Waals surface area contributed by atoms with E-state index < -0.39 is 0 Å². The highest BCUT2D eigenvalue weighted by atomic mass is 32.2. The second kappa shape index (κ2) is 6.15. The zero-order valence-corrected chi connectivity index (χ0v) is 10.2. The quantitative estimate of drug-likeness (QED) is 0.723. The Labute approximate surface area is 94.5 Å². The first-order chi connectivity index (χ1) is 7.17. The van der Waals surface area contributed by atoms with Crippen LogP contribution in [0.25, 0.3) is 0 Å². The number of aromatic nitrogens is 1. The van der Waals surface area contributed by atoms with Crippen LogP contribution in [0.3, 0.4) is 0 Å². The van der Waals surface area contributed by atoms with Gasteiger partial charge in [0.05, 0.1) is 5.69 Å². The van der Waals surface area contributed by atoms with Gasteiger partial charge in [0.2, 0.25) is 0 Å². The number of aliphatic hydroxyl groups excluding tert-OH is 1. The zero-order chi connectivity index (χ0) is 11.3. The average Bonchev–Trinajstić information content (AvgIpc) is 2.53. The molecule has 0 aliphatic carbocycles. The van der Waals surface area contributed by atoms with Crippen LogP contribution in [0.1, 0.15) is 17.9 Å². The Morgan fingerprint density at radius 1 is 1.53 bits per heavy atom. The Bertz CT molecular complexity index is 282. The van der Waals surface area contributed by atoms with E-state index in [1.165, 1.54) is 0 Å². The number of aliphatic hydroxyl groups is 1. The monoisotopic (exact) mass is 230 g/mol. The van der Waals surface area contributed by atoms with Gasteiger partial charge in [-0.3, -0.25) is 0 Å². The largest absolute Gasteiger partial charge is 0.437 e. The summed E-state index contributed by atoms with van der Waals surface area (Å²) < 4.78 is 5.45. The molecule has 2 N–H and O–H groups in total. The van der Waals surface area contributed by atoms with Crippen molar-refractivity contribution in [2.75, 3.05) is 19.4 Å². The van der Waals surface area contributed by atoms with Crippen LogP contribution in [0, 0.1) is 13.8 Å². The molecular weight excluding hydrogens is 212 g/mol. The molecule has 0 fully saturated rings. The third-order valence-electron chi connectivity index (χ3n) is 2.30. The SMILES string of the molecule is CNC(CCO)CSc1nc(C)c(C)o1. The van der Waals surface area contributed by atoms with Crippen LogP contribution < -0.4 is 5.32 Å². The second-order valence-corrected chi connectivity index (χ2v) is 4.40. The lowest BCUT2D eigenvalue weighted by Crippen LogP contribution is -2.28. The van der Waals surface area contributed by atoms with Crippen molar-refractivity contribution in [3.05, 3.63) is 11.5 Å². The molecular formula is C10H18N2O2S. The Morgan fingerprint density at radius 3 is 2.73 bits per heavy atom. The molecule has 0 saturated heterocycles. The van der Waals surface area contributed by atoms with E-state index in [0.29, 0.717) is 11.3 Å². The van der Waals surface area contributed by atoms with E-state index in [9.17, 15) is 0 Å². The van der Waals surface area contributed by atoms with Crippen molar-refractivity contribution in [1.29, 1.82) is 0 Å². The van der Waals surface area contributed by atoms with Gasteiger partial charge < -0.3 is 14.8 Å². The molecule has 1 unspecified atom stereocenters. The molecule has 1 aromatic heterocycles. The Balaban J connectivity index is 2.41. The molecule has 1 heterocycles. The van der Waals surface area contributed by atoms with Crippen molar-refractivity contribution in [1.82, 2.24) is 10.3 Å². The molecule has 5 heteroatoms. The highest BCUT2D eigenvalue weighted by Crippen LogP contribution is 2.21. The van der Waals surface area contributed by atoms with Crippen molar-refractivity contribution >= 4 is 11.8 Å². The van der Waals surface area contributed by atoms with Gasteiger partial charge in [-0.15, -0.1) is 0 Å². The highest BCUT2D eigenvalue weighted by molar-refractivity contribution is 7.99. The normalized spacial score (nSPS) is 13.1. The molecule has 15 heavy (non-hydrogen) atoms. The molecule has 0 spiro atoms. The number of nitrogens with zero attached hydrogens (tertiary/aromatic N) is 1. The molecule has 0 aromatic carbocycles. The number of hydrogen-bond donors (Lipinski definition) is 2. The van der Waals surface area contributed by atoms with Crippen molar-refractivity contribution in [2.24, 2.45) is 0 Å². The zero-order valence-electron chi connectivity index (χ0n) is 9.41. The van der Waals surface area contributed by atoms with Crippen LogP contribution in [0.5, 0.6) is 0 Å². The molecule has 4 nitrogen and oxygen atoms in total. The standard InChI is InChI=1S/C10H18N2O2S/c1-7-8(2)14-10(12-7)15-6-9(11-3)4-5-13/h9,11,13H,4-6H2,1-3H3. The molecule has 1 atom stereocenters. The Hall–Kier alpha value is -0.520. The van der Waals surface area contributed by atoms with E-state index in [-0.39, 0.29) is 6.61 Å². The summed E-state index contributed by atoms with van der Waals surface area (Å²) in [6.07, 6.45) is 0.752. The number of rotatable bonds is 6. The summed E-state index contributed by atoms with van der Waals surface area (Å²) in [5.41, 5.74) is 0.945. The minimum Gasteiger partial charge on any atom is -0.437 e. The van der Waals surface area contributed by atoms with Gasteiger partial charge in [0, 0.05) is 18.4 Å². The van der Waals surface area contributed by atoms with E-state index in [4.69, 9.17) is 9.52 Å². The lowest BCUT2D eigenvalue weighted by Gasteiger charge is -2.12. The summed E-state index contributed by atoms with van der Waals surface area (Å²) in [5, 5.41) is 12.7. The molecule has 0 saturated carbocycles. The molecule has 0 amide bonds. The van der Waals surface area contributed by atoms with Crippen molar-refractivity contribution in [2.45, 2.75) is 31.5 Å². The molecule has 1 aromatic rings. The van der Waals surface area contributed by atoms with E-state index in [2.05, 4.69) is 10.3 Å². The topological polar surface area (TPSA) is 58.3 Å². The average molecular weight is 230 g/mol. The molecule has 0 aliphatic rings. The minimum absolute atomic E-state index is 0.204. The van der Waals surface area contributed by atoms with Gasteiger partial charge >= 0.3 is 0 Å². The molecule has 86 valence electrons. The number of thioether (sulfide) groups is 1. The first-order valence-corrected chi connectivity index (χ1v) is 6.01. The third kappa shape index (κ3) is 3.85. The Kier molecular flexibility index (Phi) is 5.14. The fourth-order valence-corrected chi connectivity index (χ4v) is 2.21. The van der Waals surface area contributed by atoms with Crippen LogP contribution in [0.2, 0.25) is 0 Å². The fraction of sp³-hybridized carbons (Fsp3) is 0.700. The van der Waals surface area contributed by atoms with Crippen molar-refractivity contribution in [3.63, 3.8) is 0 Å². The van der Waals surface area contributed by atoms with Gasteiger partial charge in [-0.1, -0.05) is 11.8 Å². The van der Waals surface area contributed by atoms with Crippen LogP contribution >= 0.6 is 11.8 Å². The van der Waals surface area contributed by atoms with Crippen molar-refractivity contribution < 1.29 is 9.52 Å². The maximum absolute atomic E-state index is 8.82. The molecule has 0 aliphatic heterocycles. The predicted octanol–water partition coefficient (Wildman–Crippen LogP) is 1.35. The van der Waals surface area contributed by atoms with Gasteiger partial charge in [0.15, 0.2) is 0 Å². The van der Waals surface area contributed by atoms with Gasteiger partial charge in [0.1, 0.15) is 5.76 Å². The number of oxazole rings is 1. The van der Waals surface area contributed by atoms with Gasteiger partial charge in [-0.2, -0.15) is 0 Å². The number of hydrogen-bond acceptors (Lipinski definition) is 5. The highest BCUT2D eigenvalue weighted by Gasteiger charge is 2.10. The Morgan fingerprint density at radius 2 is 2.27 bits per heavy atom. The fourth-order valence-electron chi connectivity index (χ4n) is 1.14. The van der Waals surface area contributed by atoms with Crippen molar-refractivity contribution in [3.8, 4) is 0 Å². The minimum atomic E-state index is 0.204. The van der Waals surface area contributed by atoms with E-state index in [1.54, 1.807) is 11.8 Å². The molecule has 0 bridgehead atoms. The maximum Gasteiger partial charge on any atom is 0.256 e. The smallest absolute Gasteiger partial charge is 0.256 e. The lowest BCUT2D eigenvalue weighted by atomic mass is 10.2. The van der Waals surface area contributed by atoms with E-state index in [0.717, 1.165) is 23.6 Å². The van der Waals surface area contributed by atoms with Crippen LogP contribution in [0.15, 0.2) is 9.64 Å². The summed E-state index contributed by atoms with van der Waals surface area (Å²) >= 11 is 1.58. The lowest BCUT2D eigenvalue weighted by molar-refractivity contribution is 0.273. The summed E-state index contributed by atoms with van der Waals surface area (Å²) in [7, 11) is 1.90. The first kappa shape index (κ1) is 12.5. The third-order valence-corrected chi connectivity index (χ3v) is 3.29. The summed E-state index contributed by atoms with van der Waals surface area (Å²) in [6, 6.07) is 0.299. The van der Waals surface area contributed by atoms with E-state index in [1.807, 2.05) is 20.9 Å². The van der Waals surface area contributed by atoms with E-state index >= 15 is 0 Å². The number of aryl methyl sites for hydroxylation is 2.